The van der Waals surface area contributed by atoms with Crippen LogP contribution in [0.2, 0.25) is 0 Å². The van der Waals surface area contributed by atoms with E-state index < -0.39 is 9.84 Å². The number of hydrogen-bond acceptors (Lipinski definition) is 3. The van der Waals surface area contributed by atoms with Crippen LogP contribution in [0.5, 0.6) is 0 Å². The zero-order chi connectivity index (χ0) is 12.2. The first-order valence-electron chi connectivity index (χ1n) is 5.50. The molecule has 16 heavy (non-hydrogen) atoms. The lowest BCUT2D eigenvalue weighted by Crippen LogP contribution is -2.10. The zero-order valence-corrected chi connectivity index (χ0v) is 10.6. The Morgan fingerprint density at radius 3 is 2.62 bits per heavy atom. The van der Waals surface area contributed by atoms with E-state index in [9.17, 15) is 8.42 Å². The third-order valence-corrected chi connectivity index (χ3v) is 3.69. The molecular weight excluding hydrogens is 222 g/mol. The Hall–Kier alpha value is -0.870. The number of nitrogens with two attached hydrogens (primary N) is 1. The predicted octanol–water partition coefficient (Wildman–Crippen LogP) is 2.28. The summed E-state index contributed by atoms with van der Waals surface area (Å²) in [6, 6.07) is 6.84. The topological polar surface area (TPSA) is 60.2 Å². The quantitative estimate of drug-likeness (QED) is 0.860. The van der Waals surface area contributed by atoms with Crippen LogP contribution < -0.4 is 5.73 Å². The number of hydrogen-bond donors (Lipinski definition) is 1. The standard InChI is InChI=1S/C12H19NO2S/c1-3-4-8-12(13)10-6-5-7-11(9-10)16(2,14)15/h5-7,9,12H,3-4,8,13H2,1-2H3/t12-/m0/s1. The van der Waals surface area contributed by atoms with Gasteiger partial charge in [-0.15, -0.1) is 0 Å². The van der Waals surface area contributed by atoms with Crippen LogP contribution in [0.3, 0.4) is 0 Å². The zero-order valence-electron chi connectivity index (χ0n) is 9.81. The summed E-state index contributed by atoms with van der Waals surface area (Å²) in [5, 5.41) is 0. The molecule has 0 spiro atoms. The number of benzene rings is 1. The molecule has 0 amide bonds. The molecule has 0 aliphatic heterocycles. The van der Waals surface area contributed by atoms with Gasteiger partial charge < -0.3 is 5.73 Å². The van der Waals surface area contributed by atoms with Gasteiger partial charge in [0.1, 0.15) is 0 Å². The monoisotopic (exact) mass is 241 g/mol. The van der Waals surface area contributed by atoms with Crippen molar-refractivity contribution in [3.8, 4) is 0 Å². The Morgan fingerprint density at radius 1 is 1.38 bits per heavy atom. The van der Waals surface area contributed by atoms with E-state index in [2.05, 4.69) is 6.92 Å². The normalized spacial score (nSPS) is 13.7. The highest BCUT2D eigenvalue weighted by molar-refractivity contribution is 7.90. The SMILES string of the molecule is CCCC[C@H](N)c1cccc(S(C)(=O)=O)c1. The van der Waals surface area contributed by atoms with Crippen molar-refractivity contribution in [2.24, 2.45) is 5.73 Å². The molecular formula is C12H19NO2S. The molecule has 1 atom stereocenters. The molecule has 0 saturated heterocycles. The van der Waals surface area contributed by atoms with Gasteiger partial charge in [0, 0.05) is 12.3 Å². The van der Waals surface area contributed by atoms with Crippen LogP contribution in [-0.2, 0) is 9.84 Å². The molecule has 0 saturated carbocycles. The lowest BCUT2D eigenvalue weighted by atomic mass is 10.0. The Bertz CT molecular complexity index is 440. The number of unbranched alkanes of at least 4 members (excludes halogenated alkanes) is 1. The van der Waals surface area contributed by atoms with Crippen molar-refractivity contribution >= 4 is 9.84 Å². The van der Waals surface area contributed by atoms with Crippen molar-refractivity contribution in [1.29, 1.82) is 0 Å². The third kappa shape index (κ3) is 3.61. The van der Waals surface area contributed by atoms with Crippen molar-refractivity contribution in [2.75, 3.05) is 6.26 Å². The molecule has 2 N–H and O–H groups in total. The predicted molar refractivity (Wildman–Crippen MR) is 66.0 cm³/mol. The molecule has 1 rings (SSSR count). The van der Waals surface area contributed by atoms with Crippen LogP contribution in [0.15, 0.2) is 29.2 Å². The smallest absolute Gasteiger partial charge is 0.175 e. The second-order valence-electron chi connectivity index (χ2n) is 4.09. The van der Waals surface area contributed by atoms with Crippen molar-refractivity contribution < 1.29 is 8.42 Å². The molecule has 3 nitrogen and oxygen atoms in total. The minimum Gasteiger partial charge on any atom is -0.324 e. The highest BCUT2D eigenvalue weighted by Gasteiger charge is 2.10. The average molecular weight is 241 g/mol. The molecule has 0 unspecified atom stereocenters. The summed E-state index contributed by atoms with van der Waals surface area (Å²) in [7, 11) is -3.13. The first kappa shape index (κ1) is 13.2. The molecule has 0 bridgehead atoms. The van der Waals surface area contributed by atoms with Crippen LogP contribution in [0.4, 0.5) is 0 Å². The molecule has 1 aromatic rings. The molecule has 0 aliphatic carbocycles. The summed E-state index contributed by atoms with van der Waals surface area (Å²) in [5.74, 6) is 0. The van der Waals surface area contributed by atoms with E-state index in [1.54, 1.807) is 18.2 Å². The fraction of sp³-hybridized carbons (Fsp3) is 0.500. The largest absolute Gasteiger partial charge is 0.324 e. The van der Waals surface area contributed by atoms with Gasteiger partial charge in [-0.2, -0.15) is 0 Å². The molecule has 0 aromatic heterocycles. The van der Waals surface area contributed by atoms with Gasteiger partial charge >= 0.3 is 0 Å². The number of rotatable bonds is 5. The summed E-state index contributed by atoms with van der Waals surface area (Å²) in [6.07, 6.45) is 4.26. The van der Waals surface area contributed by atoms with Gasteiger partial charge in [0.2, 0.25) is 0 Å². The van der Waals surface area contributed by atoms with E-state index in [-0.39, 0.29) is 6.04 Å². The molecule has 4 heteroatoms. The first-order valence-corrected chi connectivity index (χ1v) is 7.40. The van der Waals surface area contributed by atoms with E-state index >= 15 is 0 Å². The first-order chi connectivity index (χ1) is 7.45. The summed E-state index contributed by atoms with van der Waals surface area (Å²) in [5.41, 5.74) is 6.90. The second-order valence-corrected chi connectivity index (χ2v) is 6.11. The van der Waals surface area contributed by atoms with Crippen molar-refractivity contribution in [3.63, 3.8) is 0 Å². The van der Waals surface area contributed by atoms with Gasteiger partial charge in [-0.1, -0.05) is 31.9 Å². The van der Waals surface area contributed by atoms with Crippen LogP contribution in [-0.4, -0.2) is 14.7 Å². The van der Waals surface area contributed by atoms with Crippen molar-refractivity contribution in [1.82, 2.24) is 0 Å². The van der Waals surface area contributed by atoms with Crippen LogP contribution >= 0.6 is 0 Å². The lowest BCUT2D eigenvalue weighted by Gasteiger charge is -2.12. The van der Waals surface area contributed by atoms with E-state index in [0.717, 1.165) is 24.8 Å². The number of sulfone groups is 1. The average Bonchev–Trinajstić information content (AvgIpc) is 2.25. The Labute approximate surface area is 97.6 Å². The maximum atomic E-state index is 11.4. The van der Waals surface area contributed by atoms with Crippen molar-refractivity contribution in [3.05, 3.63) is 29.8 Å². The maximum Gasteiger partial charge on any atom is 0.175 e. The molecule has 1 aromatic carbocycles. The maximum absolute atomic E-state index is 11.4. The van der Waals surface area contributed by atoms with Gasteiger partial charge in [0.05, 0.1) is 4.90 Å². The Kier molecular flexibility index (Phi) is 4.50. The fourth-order valence-electron chi connectivity index (χ4n) is 1.57. The molecule has 0 heterocycles. The van der Waals surface area contributed by atoms with E-state index in [0.29, 0.717) is 4.90 Å². The summed E-state index contributed by atoms with van der Waals surface area (Å²) >= 11 is 0. The highest BCUT2D eigenvalue weighted by atomic mass is 32.2. The second kappa shape index (κ2) is 5.46. The van der Waals surface area contributed by atoms with Gasteiger partial charge in [-0.25, -0.2) is 8.42 Å². The lowest BCUT2D eigenvalue weighted by molar-refractivity contribution is 0.596. The molecule has 0 aliphatic rings. The molecule has 0 radical (unpaired) electrons. The highest BCUT2D eigenvalue weighted by Crippen LogP contribution is 2.19. The van der Waals surface area contributed by atoms with E-state index in [4.69, 9.17) is 5.73 Å². The molecule has 0 fully saturated rings. The minimum absolute atomic E-state index is 0.0679. The third-order valence-electron chi connectivity index (χ3n) is 2.58. The summed E-state index contributed by atoms with van der Waals surface area (Å²) < 4.78 is 22.8. The Balaban J connectivity index is 2.90. The molecule has 90 valence electrons. The van der Waals surface area contributed by atoms with E-state index in [1.165, 1.54) is 6.26 Å². The van der Waals surface area contributed by atoms with Gasteiger partial charge in [0.15, 0.2) is 9.84 Å². The van der Waals surface area contributed by atoms with Gasteiger partial charge in [-0.05, 0) is 24.1 Å². The van der Waals surface area contributed by atoms with Crippen molar-refractivity contribution in [2.45, 2.75) is 37.1 Å². The van der Waals surface area contributed by atoms with Gasteiger partial charge in [0.25, 0.3) is 0 Å². The van der Waals surface area contributed by atoms with Crippen LogP contribution in [0.25, 0.3) is 0 Å². The van der Waals surface area contributed by atoms with Crippen LogP contribution in [0, 0.1) is 0 Å². The summed E-state index contributed by atoms with van der Waals surface area (Å²) in [6.45, 7) is 2.11. The van der Waals surface area contributed by atoms with Crippen LogP contribution in [0.1, 0.15) is 37.8 Å². The minimum atomic E-state index is -3.13. The fourth-order valence-corrected chi connectivity index (χ4v) is 2.24. The summed E-state index contributed by atoms with van der Waals surface area (Å²) in [4.78, 5) is 0.344. The van der Waals surface area contributed by atoms with Gasteiger partial charge in [-0.3, -0.25) is 0 Å². The van der Waals surface area contributed by atoms with E-state index in [1.807, 2.05) is 6.07 Å². The Morgan fingerprint density at radius 2 is 2.06 bits per heavy atom.